The number of rotatable bonds is 5. The molecule has 134 valence electrons. The van der Waals surface area contributed by atoms with Crippen molar-refractivity contribution in [3.05, 3.63) is 46.0 Å². The van der Waals surface area contributed by atoms with E-state index in [0.29, 0.717) is 12.2 Å². The van der Waals surface area contributed by atoms with Gasteiger partial charge in [0.25, 0.3) is 11.5 Å². The summed E-state index contributed by atoms with van der Waals surface area (Å²) in [5.41, 5.74) is 1.24. The first-order valence-corrected chi connectivity index (χ1v) is 8.72. The number of nitrogens with one attached hydrogen (secondary N) is 1. The Hall–Kier alpha value is -2.25. The molecule has 0 saturated carbocycles. The average molecular weight is 343 g/mol. The van der Waals surface area contributed by atoms with Crippen molar-refractivity contribution in [1.82, 2.24) is 24.5 Å². The fourth-order valence-corrected chi connectivity index (χ4v) is 3.07. The van der Waals surface area contributed by atoms with Gasteiger partial charge in [0.2, 0.25) is 0 Å². The molecule has 25 heavy (non-hydrogen) atoms. The van der Waals surface area contributed by atoms with Crippen LogP contribution in [0.4, 0.5) is 0 Å². The van der Waals surface area contributed by atoms with E-state index in [0.717, 1.165) is 44.7 Å². The van der Waals surface area contributed by atoms with Gasteiger partial charge in [0, 0.05) is 45.1 Å². The molecule has 1 amide bonds. The van der Waals surface area contributed by atoms with Crippen LogP contribution in [0.2, 0.25) is 0 Å². The molecule has 0 spiro atoms. The van der Waals surface area contributed by atoms with E-state index in [-0.39, 0.29) is 17.0 Å². The number of fused-ring (bicyclic) bond motifs is 1. The van der Waals surface area contributed by atoms with Gasteiger partial charge in [-0.3, -0.25) is 14.0 Å². The molecule has 2 aromatic rings. The molecule has 0 radical (unpaired) electrons. The lowest BCUT2D eigenvalue weighted by molar-refractivity contribution is 0.0947. The molecule has 0 aliphatic carbocycles. The van der Waals surface area contributed by atoms with Crippen molar-refractivity contribution in [2.24, 2.45) is 0 Å². The van der Waals surface area contributed by atoms with Crippen molar-refractivity contribution in [1.29, 1.82) is 0 Å². The SMILES string of the molecule is Cc1cccn2c(=O)c(C(=O)NCCCN3CCN(C)CC3)cnc12. The minimum atomic E-state index is -0.355. The van der Waals surface area contributed by atoms with Crippen LogP contribution in [0.3, 0.4) is 0 Å². The van der Waals surface area contributed by atoms with Crippen molar-refractivity contribution in [2.75, 3.05) is 46.3 Å². The molecule has 0 bridgehead atoms. The van der Waals surface area contributed by atoms with Crippen LogP contribution in [0.15, 0.2) is 29.3 Å². The zero-order valence-electron chi connectivity index (χ0n) is 14.9. The van der Waals surface area contributed by atoms with Gasteiger partial charge in [0.05, 0.1) is 0 Å². The molecule has 0 atom stereocenters. The molecule has 1 saturated heterocycles. The van der Waals surface area contributed by atoms with Crippen LogP contribution < -0.4 is 10.9 Å². The van der Waals surface area contributed by atoms with Gasteiger partial charge in [0.15, 0.2) is 0 Å². The van der Waals surface area contributed by atoms with Crippen LogP contribution in [0.5, 0.6) is 0 Å². The Bertz CT molecular complexity index is 809. The molecular weight excluding hydrogens is 318 g/mol. The molecule has 1 aliphatic heterocycles. The Morgan fingerprint density at radius 1 is 1.28 bits per heavy atom. The Kier molecular flexibility index (Phi) is 5.45. The number of piperazine rings is 1. The summed E-state index contributed by atoms with van der Waals surface area (Å²) < 4.78 is 1.43. The molecule has 3 heterocycles. The standard InChI is InChI=1S/C18H25N5O2/c1-14-5-3-8-23-16(14)20-13-15(18(23)25)17(24)19-6-4-7-22-11-9-21(2)10-12-22/h3,5,8,13H,4,6-7,9-12H2,1-2H3,(H,19,24). The number of pyridine rings is 1. The van der Waals surface area contributed by atoms with E-state index in [9.17, 15) is 9.59 Å². The van der Waals surface area contributed by atoms with Crippen molar-refractivity contribution >= 4 is 11.6 Å². The minimum absolute atomic E-state index is 0.0858. The highest BCUT2D eigenvalue weighted by Crippen LogP contribution is 2.05. The lowest BCUT2D eigenvalue weighted by Gasteiger charge is -2.32. The molecule has 7 heteroatoms. The Balaban J connectivity index is 1.56. The summed E-state index contributed by atoms with van der Waals surface area (Å²) in [6.07, 6.45) is 3.89. The van der Waals surface area contributed by atoms with E-state index >= 15 is 0 Å². The number of amides is 1. The third-order valence-corrected chi connectivity index (χ3v) is 4.70. The summed E-state index contributed by atoms with van der Waals surface area (Å²) in [4.78, 5) is 33.8. The van der Waals surface area contributed by atoms with Gasteiger partial charge in [-0.15, -0.1) is 0 Å². The smallest absolute Gasteiger partial charge is 0.270 e. The number of carbonyl (C=O) groups is 1. The summed E-state index contributed by atoms with van der Waals surface area (Å²) in [5.74, 6) is -0.355. The number of aromatic nitrogens is 2. The fourth-order valence-electron chi connectivity index (χ4n) is 3.07. The van der Waals surface area contributed by atoms with Crippen LogP contribution in [0.25, 0.3) is 5.65 Å². The van der Waals surface area contributed by atoms with Gasteiger partial charge in [-0.05, 0) is 38.6 Å². The van der Waals surface area contributed by atoms with Crippen LogP contribution in [-0.2, 0) is 0 Å². The normalized spacial score (nSPS) is 16.2. The third-order valence-electron chi connectivity index (χ3n) is 4.70. The molecule has 1 N–H and O–H groups in total. The Labute approximate surface area is 147 Å². The van der Waals surface area contributed by atoms with Gasteiger partial charge in [-0.2, -0.15) is 0 Å². The summed E-state index contributed by atoms with van der Waals surface area (Å²) in [6, 6.07) is 3.67. The second-order valence-corrected chi connectivity index (χ2v) is 6.62. The first kappa shape index (κ1) is 17.6. The number of hydrogen-bond acceptors (Lipinski definition) is 5. The first-order valence-electron chi connectivity index (χ1n) is 8.72. The van der Waals surface area contributed by atoms with Crippen molar-refractivity contribution in [3.63, 3.8) is 0 Å². The van der Waals surface area contributed by atoms with Gasteiger partial charge < -0.3 is 15.1 Å². The summed E-state index contributed by atoms with van der Waals surface area (Å²) in [6.45, 7) is 7.72. The van der Waals surface area contributed by atoms with E-state index in [1.807, 2.05) is 13.0 Å². The predicted molar refractivity (Wildman–Crippen MR) is 97.1 cm³/mol. The third kappa shape index (κ3) is 4.05. The Morgan fingerprint density at radius 3 is 2.80 bits per heavy atom. The van der Waals surface area contributed by atoms with E-state index < -0.39 is 0 Å². The maximum atomic E-state index is 12.5. The van der Waals surface area contributed by atoms with E-state index in [1.165, 1.54) is 10.6 Å². The summed E-state index contributed by atoms with van der Waals surface area (Å²) in [7, 11) is 2.13. The molecule has 3 rings (SSSR count). The molecule has 0 aromatic carbocycles. The molecule has 1 aliphatic rings. The molecule has 0 unspecified atom stereocenters. The first-order chi connectivity index (χ1) is 12.1. The highest BCUT2D eigenvalue weighted by atomic mass is 16.2. The highest BCUT2D eigenvalue weighted by Gasteiger charge is 2.15. The second kappa shape index (κ2) is 7.76. The highest BCUT2D eigenvalue weighted by molar-refractivity contribution is 5.93. The van der Waals surface area contributed by atoms with Crippen molar-refractivity contribution in [3.8, 4) is 0 Å². The van der Waals surface area contributed by atoms with E-state index in [4.69, 9.17) is 0 Å². The van der Waals surface area contributed by atoms with E-state index in [2.05, 4.69) is 27.1 Å². The number of carbonyl (C=O) groups excluding carboxylic acids is 1. The van der Waals surface area contributed by atoms with Gasteiger partial charge in [-0.1, -0.05) is 6.07 Å². The Morgan fingerprint density at radius 2 is 2.04 bits per heavy atom. The molecule has 1 fully saturated rings. The van der Waals surface area contributed by atoms with E-state index in [1.54, 1.807) is 12.3 Å². The lowest BCUT2D eigenvalue weighted by atomic mass is 10.2. The quantitative estimate of drug-likeness (QED) is 0.795. The average Bonchev–Trinajstić information content (AvgIpc) is 2.61. The second-order valence-electron chi connectivity index (χ2n) is 6.62. The maximum absolute atomic E-state index is 12.5. The van der Waals surface area contributed by atoms with Crippen LogP contribution >= 0.6 is 0 Å². The number of aryl methyl sites for hydroxylation is 1. The zero-order chi connectivity index (χ0) is 17.8. The minimum Gasteiger partial charge on any atom is -0.352 e. The zero-order valence-corrected chi connectivity index (χ0v) is 14.9. The van der Waals surface area contributed by atoms with Gasteiger partial charge in [0.1, 0.15) is 11.2 Å². The molecule has 7 nitrogen and oxygen atoms in total. The van der Waals surface area contributed by atoms with Crippen LogP contribution in [0.1, 0.15) is 22.3 Å². The summed E-state index contributed by atoms with van der Waals surface area (Å²) in [5, 5.41) is 2.84. The monoisotopic (exact) mass is 343 g/mol. The number of hydrogen-bond donors (Lipinski definition) is 1. The topological polar surface area (TPSA) is 70.0 Å². The van der Waals surface area contributed by atoms with Gasteiger partial charge >= 0.3 is 0 Å². The maximum Gasteiger partial charge on any atom is 0.270 e. The summed E-state index contributed by atoms with van der Waals surface area (Å²) >= 11 is 0. The number of nitrogens with zero attached hydrogens (tertiary/aromatic N) is 4. The van der Waals surface area contributed by atoms with Crippen LogP contribution in [0, 0.1) is 6.92 Å². The van der Waals surface area contributed by atoms with Crippen LogP contribution in [-0.4, -0.2) is 71.4 Å². The molecular formula is C18H25N5O2. The van der Waals surface area contributed by atoms with Crippen molar-refractivity contribution in [2.45, 2.75) is 13.3 Å². The molecule has 2 aromatic heterocycles. The predicted octanol–water partition coefficient (Wildman–Crippen LogP) is 0.370. The van der Waals surface area contributed by atoms with Gasteiger partial charge in [-0.25, -0.2) is 4.98 Å². The number of likely N-dealkylation sites (N-methyl/N-ethyl adjacent to an activating group) is 1. The van der Waals surface area contributed by atoms with Crippen molar-refractivity contribution < 1.29 is 4.79 Å². The fraction of sp³-hybridized carbons (Fsp3) is 0.500. The largest absolute Gasteiger partial charge is 0.352 e. The lowest BCUT2D eigenvalue weighted by Crippen LogP contribution is -2.45.